The number of fused-ring (bicyclic) bond motifs is 1. The molecule has 1 aliphatic carbocycles. The van der Waals surface area contributed by atoms with Gasteiger partial charge in [-0.15, -0.1) is 0 Å². The molecule has 46 heavy (non-hydrogen) atoms. The lowest BCUT2D eigenvalue weighted by atomic mass is 9.87. The van der Waals surface area contributed by atoms with E-state index in [0.717, 1.165) is 51.6 Å². The number of hydrogen-bond acceptors (Lipinski definition) is 10. The molecular formula is C34H44F2N4O6. The minimum atomic E-state index is -0.659. The average molecular weight is 643 g/mol. The number of nitrogens with zero attached hydrogens (tertiary/aromatic N) is 3. The van der Waals surface area contributed by atoms with Gasteiger partial charge in [0.05, 0.1) is 38.0 Å². The Balaban J connectivity index is 1.24. The Morgan fingerprint density at radius 2 is 1.85 bits per heavy atom. The van der Waals surface area contributed by atoms with Crippen molar-refractivity contribution in [3.8, 4) is 5.75 Å². The molecule has 1 N–H and O–H groups in total. The number of Topliss-reactive ketones (excluding diaryl/α,β-unsaturated/α-hetero) is 1. The van der Waals surface area contributed by atoms with Crippen molar-refractivity contribution in [3.05, 3.63) is 47.5 Å². The lowest BCUT2D eigenvalue weighted by molar-refractivity contribution is -0.150. The summed E-state index contributed by atoms with van der Waals surface area (Å²) in [6.07, 6.45) is 5.03. The molecule has 250 valence electrons. The maximum absolute atomic E-state index is 15.6. The summed E-state index contributed by atoms with van der Waals surface area (Å²) in [5.74, 6) is -1.12. The highest BCUT2D eigenvalue weighted by Gasteiger charge is 2.33. The third kappa shape index (κ3) is 7.84. The highest BCUT2D eigenvalue weighted by Crippen LogP contribution is 2.32. The number of nitrogens with one attached hydrogen (secondary N) is 1. The zero-order valence-corrected chi connectivity index (χ0v) is 27.0. The quantitative estimate of drug-likeness (QED) is 0.215. The topological polar surface area (TPSA) is 106 Å². The van der Waals surface area contributed by atoms with Gasteiger partial charge in [0.15, 0.2) is 17.2 Å². The number of ether oxygens (including phenoxy) is 3. The molecule has 0 amide bonds. The van der Waals surface area contributed by atoms with Crippen molar-refractivity contribution in [2.45, 2.75) is 77.2 Å². The van der Waals surface area contributed by atoms with Crippen molar-refractivity contribution in [2.24, 2.45) is 5.92 Å². The van der Waals surface area contributed by atoms with Crippen LogP contribution in [0, 0.1) is 17.6 Å². The molecule has 10 nitrogen and oxygen atoms in total. The Labute approximate surface area is 268 Å². The molecule has 5 rings (SSSR count). The summed E-state index contributed by atoms with van der Waals surface area (Å²) in [6.45, 7) is 6.91. The fraction of sp³-hybridized carbons (Fsp3) is 0.559. The van der Waals surface area contributed by atoms with Gasteiger partial charge in [-0.1, -0.05) is 13.0 Å². The van der Waals surface area contributed by atoms with E-state index < -0.39 is 17.7 Å². The number of oxazole rings is 1. The van der Waals surface area contributed by atoms with Crippen molar-refractivity contribution in [1.82, 2.24) is 14.8 Å². The van der Waals surface area contributed by atoms with Crippen molar-refractivity contribution in [1.29, 1.82) is 0 Å². The molecular weight excluding hydrogens is 598 g/mol. The number of carbonyl (C=O) groups is 2. The highest BCUT2D eigenvalue weighted by molar-refractivity contribution is 5.87. The third-order valence-corrected chi connectivity index (χ3v) is 9.26. The predicted octanol–water partition coefficient (Wildman–Crippen LogP) is 5.85. The number of carbonyl (C=O) groups excluding carboxylic acids is 2. The Bertz CT molecular complexity index is 1500. The first-order valence-corrected chi connectivity index (χ1v) is 16.1. The van der Waals surface area contributed by atoms with Crippen LogP contribution in [0.3, 0.4) is 0 Å². The summed E-state index contributed by atoms with van der Waals surface area (Å²) in [7, 11) is 2.88. The fourth-order valence-electron chi connectivity index (χ4n) is 6.48. The second-order valence-electron chi connectivity index (χ2n) is 12.1. The number of rotatable bonds is 14. The first-order valence-electron chi connectivity index (χ1n) is 16.1. The Morgan fingerprint density at radius 1 is 1.11 bits per heavy atom. The molecule has 1 saturated carbocycles. The minimum absolute atomic E-state index is 0.0291. The molecule has 0 unspecified atom stereocenters. The second-order valence-corrected chi connectivity index (χ2v) is 12.1. The molecule has 3 aromatic rings. The zero-order valence-electron chi connectivity index (χ0n) is 27.0. The van der Waals surface area contributed by atoms with Gasteiger partial charge in [0.1, 0.15) is 23.3 Å². The monoisotopic (exact) mass is 642 g/mol. The Morgan fingerprint density at radius 3 is 2.52 bits per heavy atom. The van der Waals surface area contributed by atoms with Gasteiger partial charge in [-0.05, 0) is 75.8 Å². The van der Waals surface area contributed by atoms with Gasteiger partial charge in [-0.3, -0.25) is 19.4 Å². The van der Waals surface area contributed by atoms with Crippen LogP contribution in [0.25, 0.3) is 11.1 Å². The summed E-state index contributed by atoms with van der Waals surface area (Å²) in [6, 6.07) is 6.60. The molecule has 0 spiro atoms. The molecule has 12 heteroatoms. The third-order valence-electron chi connectivity index (χ3n) is 9.26. The smallest absolute Gasteiger partial charge is 0.308 e. The maximum Gasteiger partial charge on any atom is 0.308 e. The van der Waals surface area contributed by atoms with Crippen LogP contribution in [0.2, 0.25) is 0 Å². The molecule has 2 aliphatic rings. The van der Waals surface area contributed by atoms with Crippen LogP contribution >= 0.6 is 0 Å². The normalized spacial score (nSPS) is 20.2. The van der Waals surface area contributed by atoms with E-state index in [0.29, 0.717) is 18.8 Å². The first-order chi connectivity index (χ1) is 22.2. The van der Waals surface area contributed by atoms with E-state index in [-0.39, 0.29) is 64.8 Å². The molecule has 1 saturated heterocycles. The van der Waals surface area contributed by atoms with Crippen LogP contribution in [-0.4, -0.2) is 85.3 Å². The van der Waals surface area contributed by atoms with Gasteiger partial charge in [0, 0.05) is 32.1 Å². The summed E-state index contributed by atoms with van der Waals surface area (Å²) in [5, 5.41) is 2.84. The Hall–Kier alpha value is -3.61. The standard InChI is InChI=1S/C34H44F2N4O6/c1-5-39(20-30(40-16-6-7-17-40)45-25-12-8-22(9-13-25)33(42)44-4)21(2)28(41)18-23-10-14-26-32(31(23)36)46-34(37-26)38-27-19-24(35)11-15-29(27)43-3/h10-11,14-15,19,21-22,25,30H,5-9,12-13,16-18,20H2,1-4H3,(H,37,38)/t21-,22?,25?,30-/m0/s1. The first kappa shape index (κ1) is 33.7. The molecule has 2 aromatic carbocycles. The minimum Gasteiger partial charge on any atom is -0.495 e. The predicted molar refractivity (Wildman–Crippen MR) is 169 cm³/mol. The SMILES string of the molecule is CCN(C[C@H](OC1CCC(C(=O)OC)CC1)N1CCCC1)[C@@H](C)C(=O)Cc1ccc2nc(Nc3cc(F)ccc3OC)oc2c1F. The van der Waals surface area contributed by atoms with Crippen LogP contribution in [0.5, 0.6) is 5.75 Å². The lowest BCUT2D eigenvalue weighted by Gasteiger charge is -2.38. The van der Waals surface area contributed by atoms with E-state index in [4.69, 9.17) is 18.6 Å². The molecule has 2 fully saturated rings. The fourth-order valence-corrected chi connectivity index (χ4v) is 6.48. The Kier molecular flexibility index (Phi) is 11.2. The van der Waals surface area contributed by atoms with Gasteiger partial charge < -0.3 is 23.9 Å². The number of anilines is 2. The summed E-state index contributed by atoms with van der Waals surface area (Å²) in [4.78, 5) is 34.2. The van der Waals surface area contributed by atoms with Crippen LogP contribution in [0.1, 0.15) is 57.9 Å². The van der Waals surface area contributed by atoms with Gasteiger partial charge in [0.2, 0.25) is 0 Å². The molecule has 2 atom stereocenters. The molecule has 0 radical (unpaired) electrons. The van der Waals surface area contributed by atoms with Gasteiger partial charge in [-0.25, -0.2) is 8.78 Å². The number of hydrogen-bond donors (Lipinski definition) is 1. The van der Waals surface area contributed by atoms with Crippen molar-refractivity contribution in [3.63, 3.8) is 0 Å². The number of esters is 1. The highest BCUT2D eigenvalue weighted by atomic mass is 19.1. The van der Waals surface area contributed by atoms with Gasteiger partial charge >= 0.3 is 5.97 Å². The van der Waals surface area contributed by atoms with Gasteiger partial charge in [-0.2, -0.15) is 4.98 Å². The van der Waals surface area contributed by atoms with E-state index in [1.807, 2.05) is 13.8 Å². The number of halogens is 2. The van der Waals surface area contributed by atoms with Crippen molar-refractivity contribution in [2.75, 3.05) is 45.7 Å². The van der Waals surface area contributed by atoms with E-state index in [1.54, 1.807) is 12.1 Å². The number of methoxy groups -OCH3 is 2. The maximum atomic E-state index is 15.6. The van der Waals surface area contributed by atoms with Crippen LogP contribution in [0.4, 0.5) is 20.5 Å². The zero-order chi connectivity index (χ0) is 32.8. The van der Waals surface area contributed by atoms with Crippen LogP contribution in [0.15, 0.2) is 34.7 Å². The van der Waals surface area contributed by atoms with Crippen LogP contribution < -0.4 is 10.1 Å². The summed E-state index contributed by atoms with van der Waals surface area (Å²) in [5.41, 5.74) is 0.665. The lowest BCUT2D eigenvalue weighted by Crippen LogP contribution is -2.50. The molecule has 1 aromatic heterocycles. The molecule has 1 aliphatic heterocycles. The molecule has 0 bridgehead atoms. The average Bonchev–Trinajstić information content (AvgIpc) is 3.75. The summed E-state index contributed by atoms with van der Waals surface area (Å²) >= 11 is 0. The second kappa shape index (κ2) is 15.3. The summed E-state index contributed by atoms with van der Waals surface area (Å²) < 4.78 is 52.0. The number of ketones is 1. The van der Waals surface area contributed by atoms with E-state index in [9.17, 15) is 14.0 Å². The van der Waals surface area contributed by atoms with Crippen LogP contribution in [-0.2, 0) is 25.5 Å². The van der Waals surface area contributed by atoms with E-state index in [2.05, 4.69) is 20.1 Å². The largest absolute Gasteiger partial charge is 0.495 e. The van der Waals surface area contributed by atoms with E-state index >= 15 is 4.39 Å². The van der Waals surface area contributed by atoms with E-state index in [1.165, 1.54) is 32.4 Å². The molecule has 2 heterocycles. The number of likely N-dealkylation sites (tertiary alicyclic amines) is 1. The number of aromatic nitrogens is 1. The van der Waals surface area contributed by atoms with Crippen molar-refractivity contribution >= 4 is 34.6 Å². The number of benzene rings is 2. The van der Waals surface area contributed by atoms with Crippen molar-refractivity contribution < 1.29 is 37.0 Å². The van der Waals surface area contributed by atoms with Gasteiger partial charge in [0.25, 0.3) is 6.01 Å². The number of likely N-dealkylation sites (N-methyl/N-ethyl adjacent to an activating group) is 1.